The molecule has 1 atom stereocenters. The fourth-order valence-corrected chi connectivity index (χ4v) is 1.48. The lowest BCUT2D eigenvalue weighted by Crippen LogP contribution is -2.38. The topological polar surface area (TPSA) is 67.1 Å². The average Bonchev–Trinajstić information content (AvgIpc) is 3.05. The van der Waals surface area contributed by atoms with Crippen LogP contribution in [0, 0.1) is 0 Å². The molecule has 0 aromatic heterocycles. The summed E-state index contributed by atoms with van der Waals surface area (Å²) < 4.78 is 0. The van der Waals surface area contributed by atoms with E-state index < -0.39 is 0 Å². The first kappa shape index (κ1) is 10.8. The van der Waals surface area contributed by atoms with Gasteiger partial charge in [-0.1, -0.05) is 12.1 Å². The Labute approximate surface area is 95.2 Å². The van der Waals surface area contributed by atoms with E-state index in [-0.39, 0.29) is 11.9 Å². The van der Waals surface area contributed by atoms with E-state index in [2.05, 4.69) is 10.6 Å². The molecule has 1 aromatic rings. The van der Waals surface area contributed by atoms with E-state index in [1.165, 1.54) is 0 Å². The van der Waals surface area contributed by atoms with Gasteiger partial charge in [0.1, 0.15) is 6.04 Å². The summed E-state index contributed by atoms with van der Waals surface area (Å²) in [6.45, 7) is 1.84. The molecule has 86 valence electrons. The maximum Gasteiger partial charge on any atom is 0.242 e. The van der Waals surface area contributed by atoms with Crippen LogP contribution in [0.4, 0.5) is 11.4 Å². The Hall–Kier alpha value is -1.71. The predicted octanol–water partition coefficient (Wildman–Crippen LogP) is 1.35. The van der Waals surface area contributed by atoms with Crippen LogP contribution in [0.15, 0.2) is 24.3 Å². The minimum absolute atomic E-state index is 0.0331. The predicted molar refractivity (Wildman–Crippen MR) is 65.1 cm³/mol. The van der Waals surface area contributed by atoms with Crippen molar-refractivity contribution in [1.29, 1.82) is 0 Å². The summed E-state index contributed by atoms with van der Waals surface area (Å²) in [7, 11) is 0. The highest BCUT2D eigenvalue weighted by atomic mass is 16.2. The van der Waals surface area contributed by atoms with Gasteiger partial charge in [-0.2, -0.15) is 0 Å². The molecule has 1 unspecified atom stereocenters. The van der Waals surface area contributed by atoms with E-state index in [4.69, 9.17) is 5.73 Å². The zero-order valence-corrected chi connectivity index (χ0v) is 9.36. The first-order valence-electron chi connectivity index (χ1n) is 5.58. The molecule has 1 fully saturated rings. The first-order valence-corrected chi connectivity index (χ1v) is 5.58. The number of carbonyl (C=O) groups excluding carboxylic acids is 1. The lowest BCUT2D eigenvalue weighted by atomic mass is 10.2. The van der Waals surface area contributed by atoms with Gasteiger partial charge in [-0.3, -0.25) is 4.79 Å². The van der Waals surface area contributed by atoms with Gasteiger partial charge in [0.2, 0.25) is 5.91 Å². The molecular weight excluding hydrogens is 202 g/mol. The molecule has 1 aromatic carbocycles. The summed E-state index contributed by atoms with van der Waals surface area (Å²) in [6, 6.07) is 7.58. The Bertz CT molecular complexity index is 388. The quantitative estimate of drug-likeness (QED) is 0.670. The molecule has 0 radical (unpaired) electrons. The number of rotatable bonds is 4. The van der Waals surface area contributed by atoms with Crippen molar-refractivity contribution in [2.45, 2.75) is 31.8 Å². The Kier molecular flexibility index (Phi) is 2.99. The van der Waals surface area contributed by atoms with E-state index in [0.29, 0.717) is 11.7 Å². The fourth-order valence-electron chi connectivity index (χ4n) is 1.48. The largest absolute Gasteiger partial charge is 0.397 e. The van der Waals surface area contributed by atoms with E-state index in [0.717, 1.165) is 18.5 Å². The van der Waals surface area contributed by atoms with Crippen LogP contribution in [0.25, 0.3) is 0 Å². The van der Waals surface area contributed by atoms with Crippen LogP contribution < -0.4 is 16.4 Å². The molecule has 1 aliphatic rings. The van der Waals surface area contributed by atoms with E-state index in [1.807, 2.05) is 31.2 Å². The van der Waals surface area contributed by atoms with Crippen molar-refractivity contribution in [3.05, 3.63) is 24.3 Å². The third-order valence-corrected chi connectivity index (χ3v) is 2.65. The summed E-state index contributed by atoms with van der Waals surface area (Å²) in [5.74, 6) is 0.0331. The van der Waals surface area contributed by atoms with Crippen LogP contribution in [0.1, 0.15) is 19.8 Å². The highest BCUT2D eigenvalue weighted by Crippen LogP contribution is 2.20. The highest BCUT2D eigenvalue weighted by Gasteiger charge is 2.25. The molecule has 1 amide bonds. The number of hydrogen-bond acceptors (Lipinski definition) is 3. The second-order valence-corrected chi connectivity index (χ2v) is 4.24. The van der Waals surface area contributed by atoms with Crippen molar-refractivity contribution in [2.75, 3.05) is 11.1 Å². The van der Waals surface area contributed by atoms with Crippen LogP contribution in [0.3, 0.4) is 0 Å². The van der Waals surface area contributed by atoms with Gasteiger partial charge in [0.15, 0.2) is 0 Å². The number of nitrogens with one attached hydrogen (secondary N) is 2. The second-order valence-electron chi connectivity index (χ2n) is 4.24. The molecule has 0 saturated heterocycles. The van der Waals surface area contributed by atoms with Crippen LogP contribution in [-0.4, -0.2) is 18.0 Å². The van der Waals surface area contributed by atoms with Crippen molar-refractivity contribution in [1.82, 2.24) is 5.32 Å². The van der Waals surface area contributed by atoms with Gasteiger partial charge in [0, 0.05) is 6.04 Å². The number of anilines is 2. The van der Waals surface area contributed by atoms with E-state index in [1.54, 1.807) is 0 Å². The maximum absolute atomic E-state index is 11.7. The molecule has 1 saturated carbocycles. The Balaban J connectivity index is 1.92. The van der Waals surface area contributed by atoms with Crippen molar-refractivity contribution >= 4 is 17.3 Å². The molecule has 0 spiro atoms. The van der Waals surface area contributed by atoms with Gasteiger partial charge in [0.05, 0.1) is 11.4 Å². The smallest absolute Gasteiger partial charge is 0.242 e. The number of nitrogens with two attached hydrogens (primary N) is 1. The lowest BCUT2D eigenvalue weighted by molar-refractivity contribution is -0.121. The van der Waals surface area contributed by atoms with Crippen LogP contribution >= 0.6 is 0 Å². The van der Waals surface area contributed by atoms with Gasteiger partial charge in [-0.25, -0.2) is 0 Å². The average molecular weight is 219 g/mol. The van der Waals surface area contributed by atoms with E-state index >= 15 is 0 Å². The van der Waals surface area contributed by atoms with Crippen molar-refractivity contribution in [3.8, 4) is 0 Å². The number of amides is 1. The molecule has 4 nitrogen and oxygen atoms in total. The van der Waals surface area contributed by atoms with Crippen molar-refractivity contribution in [2.24, 2.45) is 0 Å². The summed E-state index contributed by atoms with van der Waals surface area (Å²) in [4.78, 5) is 11.7. The van der Waals surface area contributed by atoms with Gasteiger partial charge >= 0.3 is 0 Å². The number of benzene rings is 1. The highest BCUT2D eigenvalue weighted by molar-refractivity contribution is 5.85. The summed E-state index contributed by atoms with van der Waals surface area (Å²) >= 11 is 0. The SMILES string of the molecule is CC(Nc1ccccc1N)C(=O)NC1CC1. The summed E-state index contributed by atoms with van der Waals surface area (Å²) in [5.41, 5.74) is 7.26. The minimum atomic E-state index is -0.259. The van der Waals surface area contributed by atoms with Crippen LogP contribution in [-0.2, 0) is 4.79 Å². The summed E-state index contributed by atoms with van der Waals surface area (Å²) in [6.07, 6.45) is 2.21. The van der Waals surface area contributed by atoms with E-state index in [9.17, 15) is 4.79 Å². The second kappa shape index (κ2) is 4.43. The van der Waals surface area contributed by atoms with Crippen LogP contribution in [0.5, 0.6) is 0 Å². The Morgan fingerprint density at radius 3 is 2.75 bits per heavy atom. The van der Waals surface area contributed by atoms with Crippen LogP contribution in [0.2, 0.25) is 0 Å². The molecule has 0 bridgehead atoms. The molecule has 4 heteroatoms. The number of nitrogen functional groups attached to an aromatic ring is 1. The van der Waals surface area contributed by atoms with Gasteiger partial charge in [-0.15, -0.1) is 0 Å². The zero-order valence-electron chi connectivity index (χ0n) is 9.36. The third kappa shape index (κ3) is 2.66. The first-order chi connectivity index (χ1) is 7.66. The van der Waals surface area contributed by atoms with Gasteiger partial charge in [0.25, 0.3) is 0 Å². The van der Waals surface area contributed by atoms with Crippen molar-refractivity contribution < 1.29 is 4.79 Å². The third-order valence-electron chi connectivity index (χ3n) is 2.65. The Morgan fingerprint density at radius 2 is 2.12 bits per heavy atom. The minimum Gasteiger partial charge on any atom is -0.397 e. The normalized spacial score (nSPS) is 16.6. The molecule has 0 aliphatic heterocycles. The molecule has 2 rings (SSSR count). The van der Waals surface area contributed by atoms with Crippen molar-refractivity contribution in [3.63, 3.8) is 0 Å². The Morgan fingerprint density at radius 1 is 1.44 bits per heavy atom. The number of para-hydroxylation sites is 2. The summed E-state index contributed by atoms with van der Waals surface area (Å²) in [5, 5.41) is 6.06. The standard InChI is InChI=1S/C12H17N3O/c1-8(12(16)15-9-6-7-9)14-11-5-3-2-4-10(11)13/h2-5,8-9,14H,6-7,13H2,1H3,(H,15,16). The molecule has 4 N–H and O–H groups in total. The maximum atomic E-state index is 11.7. The zero-order chi connectivity index (χ0) is 11.5. The van der Waals surface area contributed by atoms with Gasteiger partial charge < -0.3 is 16.4 Å². The fraction of sp³-hybridized carbons (Fsp3) is 0.417. The van der Waals surface area contributed by atoms with Gasteiger partial charge in [-0.05, 0) is 31.9 Å². The number of hydrogen-bond donors (Lipinski definition) is 3. The number of carbonyl (C=O) groups is 1. The monoisotopic (exact) mass is 219 g/mol. The molecule has 16 heavy (non-hydrogen) atoms. The molecule has 1 aliphatic carbocycles. The molecule has 0 heterocycles. The molecular formula is C12H17N3O. The lowest BCUT2D eigenvalue weighted by Gasteiger charge is -2.16.